The number of aromatic nitrogens is 1. The molecule has 4 N–H and O–H groups in total. The fraction of sp³-hybridized carbons (Fsp3) is 0.400. The summed E-state index contributed by atoms with van der Waals surface area (Å²) in [4.78, 5) is 32.0. The van der Waals surface area contributed by atoms with Crippen LogP contribution in [0, 0.1) is 3.57 Å². The van der Waals surface area contributed by atoms with Crippen molar-refractivity contribution in [2.75, 3.05) is 26.3 Å². The molecule has 9 nitrogen and oxygen atoms in total. The SMILES string of the molecule is O=C(NCCO)C1=C[C@H](Oc2ccccc2I)[C@@H](O)[C@H](N(CCc2cc3ccccc3[nH]2)C(=O)C2CCCO2)C1. The van der Waals surface area contributed by atoms with Gasteiger partial charge in [0.15, 0.2) is 0 Å². The number of nitrogens with zero attached hydrogens (tertiary/aromatic N) is 1. The first-order valence-electron chi connectivity index (χ1n) is 13.6. The van der Waals surface area contributed by atoms with Crippen LogP contribution in [-0.4, -0.2) is 82.6 Å². The number of halogens is 1. The highest BCUT2D eigenvalue weighted by Crippen LogP contribution is 2.31. The van der Waals surface area contributed by atoms with Gasteiger partial charge in [-0.25, -0.2) is 0 Å². The van der Waals surface area contributed by atoms with E-state index in [4.69, 9.17) is 9.47 Å². The number of nitrogens with one attached hydrogen (secondary N) is 2. The van der Waals surface area contributed by atoms with E-state index >= 15 is 0 Å². The average Bonchev–Trinajstić information content (AvgIpc) is 3.65. The van der Waals surface area contributed by atoms with E-state index in [0.717, 1.165) is 26.6 Å². The molecular formula is C30H34IN3O6. The van der Waals surface area contributed by atoms with Crippen LogP contribution in [0.3, 0.4) is 0 Å². The molecule has 0 spiro atoms. The van der Waals surface area contributed by atoms with Gasteiger partial charge in [-0.05, 0) is 71.2 Å². The van der Waals surface area contributed by atoms with E-state index in [-0.39, 0.29) is 31.4 Å². The molecule has 5 rings (SSSR count). The van der Waals surface area contributed by atoms with Crippen LogP contribution in [-0.2, 0) is 20.7 Å². The van der Waals surface area contributed by atoms with Gasteiger partial charge in [0, 0.05) is 49.3 Å². The predicted molar refractivity (Wildman–Crippen MR) is 159 cm³/mol. The Bertz CT molecular complexity index is 1340. The van der Waals surface area contributed by atoms with Crippen molar-refractivity contribution in [3.8, 4) is 5.75 Å². The Morgan fingerprint density at radius 3 is 2.73 bits per heavy atom. The van der Waals surface area contributed by atoms with Crippen LogP contribution in [0.5, 0.6) is 5.75 Å². The standard InChI is InChI=1S/C30H34IN3O6/c31-22-7-2-4-9-25(22)40-27-18-20(29(37)32-12-14-35)17-24(28(27)36)34(30(38)26-10-5-15-39-26)13-11-21-16-19-6-1-3-8-23(19)33-21/h1-4,6-9,16,18,24,26-28,33,35-36H,5,10-15,17H2,(H,32,37)/t24-,26?,27+,28+/m1/s1. The number of aliphatic hydroxyl groups excluding tert-OH is 2. The number of benzene rings is 2. The number of hydrogen-bond donors (Lipinski definition) is 4. The number of aliphatic hydroxyl groups is 2. The molecule has 1 aliphatic carbocycles. The van der Waals surface area contributed by atoms with Crippen molar-refractivity contribution in [3.63, 3.8) is 0 Å². The van der Waals surface area contributed by atoms with Crippen molar-refractivity contribution in [3.05, 3.63) is 75.5 Å². The molecule has 1 unspecified atom stereocenters. The zero-order chi connectivity index (χ0) is 28.1. The van der Waals surface area contributed by atoms with Gasteiger partial charge in [-0.1, -0.05) is 30.3 Å². The summed E-state index contributed by atoms with van der Waals surface area (Å²) in [5, 5.41) is 24.7. The number of carbonyl (C=O) groups is 2. The van der Waals surface area contributed by atoms with Gasteiger partial charge in [0.1, 0.15) is 24.1 Å². The molecule has 0 saturated carbocycles. The second-order valence-corrected chi connectivity index (χ2v) is 11.3. The molecule has 1 aliphatic heterocycles. The number of amides is 2. The summed E-state index contributed by atoms with van der Waals surface area (Å²) in [7, 11) is 0. The van der Waals surface area contributed by atoms with Crippen molar-refractivity contribution in [1.82, 2.24) is 15.2 Å². The largest absolute Gasteiger partial charge is 0.482 e. The summed E-state index contributed by atoms with van der Waals surface area (Å²) in [6.07, 6.45) is 1.20. The summed E-state index contributed by atoms with van der Waals surface area (Å²) < 4.78 is 12.8. The Kier molecular flexibility index (Phi) is 9.40. The molecule has 0 bridgehead atoms. The highest BCUT2D eigenvalue weighted by Gasteiger charge is 2.42. The lowest BCUT2D eigenvalue weighted by atomic mass is 9.87. The Labute approximate surface area is 246 Å². The number of rotatable bonds is 10. The second kappa shape index (κ2) is 13.2. The molecule has 2 amide bonds. The number of fused-ring (bicyclic) bond motifs is 1. The molecule has 212 valence electrons. The lowest BCUT2D eigenvalue weighted by molar-refractivity contribution is -0.148. The maximum atomic E-state index is 13.8. The van der Waals surface area contributed by atoms with Gasteiger partial charge < -0.3 is 34.9 Å². The van der Waals surface area contributed by atoms with Gasteiger partial charge in [-0.15, -0.1) is 0 Å². The Hall–Kier alpha value is -2.93. The molecule has 1 aromatic heterocycles. The molecule has 10 heteroatoms. The van der Waals surface area contributed by atoms with Gasteiger partial charge in [-0.3, -0.25) is 9.59 Å². The quantitative estimate of drug-likeness (QED) is 0.249. The van der Waals surface area contributed by atoms with Crippen LogP contribution in [0.2, 0.25) is 0 Å². The van der Waals surface area contributed by atoms with Gasteiger partial charge in [0.2, 0.25) is 5.91 Å². The highest BCUT2D eigenvalue weighted by molar-refractivity contribution is 14.1. The Morgan fingerprint density at radius 2 is 1.98 bits per heavy atom. The maximum Gasteiger partial charge on any atom is 0.252 e. The van der Waals surface area contributed by atoms with E-state index in [1.165, 1.54) is 0 Å². The van der Waals surface area contributed by atoms with Crippen molar-refractivity contribution >= 4 is 45.3 Å². The lowest BCUT2D eigenvalue weighted by Gasteiger charge is -2.41. The summed E-state index contributed by atoms with van der Waals surface area (Å²) in [6, 6.07) is 16.8. The first kappa shape index (κ1) is 28.6. The van der Waals surface area contributed by atoms with Crippen LogP contribution in [0.15, 0.2) is 66.2 Å². The fourth-order valence-electron chi connectivity index (χ4n) is 5.37. The van der Waals surface area contributed by atoms with Crippen LogP contribution in [0.4, 0.5) is 0 Å². The molecule has 1 fully saturated rings. The third kappa shape index (κ3) is 6.51. The fourth-order valence-corrected chi connectivity index (χ4v) is 5.89. The highest BCUT2D eigenvalue weighted by atomic mass is 127. The number of para-hydroxylation sites is 2. The Morgan fingerprint density at radius 1 is 1.18 bits per heavy atom. The van der Waals surface area contributed by atoms with Crippen LogP contribution in [0.1, 0.15) is 25.0 Å². The molecule has 2 aliphatic rings. The minimum absolute atomic E-state index is 0.102. The van der Waals surface area contributed by atoms with Gasteiger partial charge in [0.05, 0.1) is 16.2 Å². The summed E-state index contributed by atoms with van der Waals surface area (Å²) >= 11 is 2.16. The summed E-state index contributed by atoms with van der Waals surface area (Å²) in [5.74, 6) is 0.0272. The van der Waals surface area contributed by atoms with Gasteiger partial charge >= 0.3 is 0 Å². The zero-order valence-electron chi connectivity index (χ0n) is 22.1. The van der Waals surface area contributed by atoms with Crippen molar-refractivity contribution in [2.24, 2.45) is 0 Å². The molecule has 40 heavy (non-hydrogen) atoms. The molecule has 0 radical (unpaired) electrons. The number of hydrogen-bond acceptors (Lipinski definition) is 6. The third-order valence-electron chi connectivity index (χ3n) is 7.41. The minimum Gasteiger partial charge on any atom is -0.482 e. The monoisotopic (exact) mass is 659 g/mol. The van der Waals surface area contributed by atoms with E-state index in [9.17, 15) is 19.8 Å². The average molecular weight is 660 g/mol. The summed E-state index contributed by atoms with van der Waals surface area (Å²) in [6.45, 7) is 0.756. The van der Waals surface area contributed by atoms with Crippen LogP contribution >= 0.6 is 22.6 Å². The summed E-state index contributed by atoms with van der Waals surface area (Å²) in [5.41, 5.74) is 2.39. The van der Waals surface area contributed by atoms with Gasteiger partial charge in [-0.2, -0.15) is 0 Å². The first-order chi connectivity index (χ1) is 19.4. The maximum absolute atomic E-state index is 13.8. The molecule has 2 heterocycles. The lowest BCUT2D eigenvalue weighted by Crippen LogP contribution is -2.57. The van der Waals surface area contributed by atoms with E-state index < -0.39 is 24.4 Å². The van der Waals surface area contributed by atoms with Crippen molar-refractivity contribution in [1.29, 1.82) is 0 Å². The molecule has 1 saturated heterocycles. The smallest absolute Gasteiger partial charge is 0.252 e. The topological polar surface area (TPSA) is 124 Å². The molecule has 4 atom stereocenters. The number of ether oxygens (including phenoxy) is 2. The van der Waals surface area contributed by atoms with Crippen LogP contribution < -0.4 is 10.1 Å². The zero-order valence-corrected chi connectivity index (χ0v) is 24.2. The van der Waals surface area contributed by atoms with E-state index in [1.54, 1.807) is 11.0 Å². The van der Waals surface area contributed by atoms with E-state index in [0.29, 0.717) is 37.3 Å². The normalized spacial score (nSPS) is 22.6. The minimum atomic E-state index is -1.08. The van der Waals surface area contributed by atoms with E-state index in [2.05, 4.69) is 39.0 Å². The third-order valence-corrected chi connectivity index (χ3v) is 8.30. The van der Waals surface area contributed by atoms with Crippen molar-refractivity contribution in [2.45, 2.75) is 50.0 Å². The number of carbonyl (C=O) groups excluding carboxylic acids is 2. The van der Waals surface area contributed by atoms with Crippen LogP contribution in [0.25, 0.3) is 10.9 Å². The number of aromatic amines is 1. The molecular weight excluding hydrogens is 625 g/mol. The molecule has 2 aromatic carbocycles. The molecule has 3 aromatic rings. The Balaban J connectivity index is 1.44. The van der Waals surface area contributed by atoms with Gasteiger partial charge in [0.25, 0.3) is 5.91 Å². The first-order valence-corrected chi connectivity index (χ1v) is 14.7. The predicted octanol–water partition coefficient (Wildman–Crippen LogP) is 2.94. The second-order valence-electron chi connectivity index (χ2n) is 10.1. The van der Waals surface area contributed by atoms with E-state index in [1.807, 2.05) is 48.5 Å². The van der Waals surface area contributed by atoms with Crippen molar-refractivity contribution < 1.29 is 29.3 Å². The number of H-pyrrole nitrogens is 1.